The van der Waals surface area contributed by atoms with Crippen molar-refractivity contribution in [3.8, 4) is 16.9 Å². The molecule has 44 heavy (non-hydrogen) atoms. The zero-order chi connectivity index (χ0) is 31.4. The maximum atomic E-state index is 13.3. The van der Waals surface area contributed by atoms with E-state index in [2.05, 4.69) is 20.9 Å². The summed E-state index contributed by atoms with van der Waals surface area (Å²) in [6, 6.07) is 17.9. The minimum absolute atomic E-state index is 0.120. The number of morpholine rings is 1. The summed E-state index contributed by atoms with van der Waals surface area (Å²) >= 11 is 0. The van der Waals surface area contributed by atoms with Crippen LogP contribution in [0.2, 0.25) is 0 Å². The SMILES string of the molecule is COc1c(NC(=O)O)cc(C(C)(C)C)cc1NC(=O)Nc1ccc(-c2ccc(C(=O)N3CCOCC3)nc2)c2ccccc12. The summed E-state index contributed by atoms with van der Waals surface area (Å²) in [5.41, 5.74) is 3.70. The highest BCUT2D eigenvalue weighted by molar-refractivity contribution is 6.10. The molecule has 1 saturated heterocycles. The number of nitrogens with zero attached hydrogens (tertiary/aromatic N) is 2. The molecule has 1 aromatic heterocycles. The molecule has 4 aromatic rings. The minimum Gasteiger partial charge on any atom is -0.492 e. The molecule has 1 fully saturated rings. The van der Waals surface area contributed by atoms with Crippen molar-refractivity contribution in [2.45, 2.75) is 26.2 Å². The Labute approximate surface area is 255 Å². The molecular formula is C33H35N5O6. The molecule has 1 aliphatic heterocycles. The Balaban J connectivity index is 1.41. The van der Waals surface area contributed by atoms with Crippen molar-refractivity contribution in [3.63, 3.8) is 0 Å². The van der Waals surface area contributed by atoms with Crippen molar-refractivity contribution >= 4 is 45.9 Å². The Bertz CT molecular complexity index is 1710. The third-order valence-electron chi connectivity index (χ3n) is 7.41. The minimum atomic E-state index is -1.25. The normalized spacial score (nSPS) is 13.3. The lowest BCUT2D eigenvalue weighted by Crippen LogP contribution is -2.41. The number of hydrogen-bond donors (Lipinski definition) is 4. The molecule has 3 aromatic carbocycles. The fourth-order valence-electron chi connectivity index (χ4n) is 5.13. The summed E-state index contributed by atoms with van der Waals surface area (Å²) in [7, 11) is 1.41. The van der Waals surface area contributed by atoms with E-state index in [1.54, 1.807) is 29.3 Å². The molecule has 1 aliphatic rings. The first-order chi connectivity index (χ1) is 21.0. The van der Waals surface area contributed by atoms with Gasteiger partial charge in [0.05, 0.1) is 37.4 Å². The summed E-state index contributed by atoms with van der Waals surface area (Å²) in [6.45, 7) is 8.10. The van der Waals surface area contributed by atoms with Crippen molar-refractivity contribution in [1.82, 2.24) is 9.88 Å². The molecule has 0 saturated carbocycles. The van der Waals surface area contributed by atoms with E-state index in [-0.39, 0.29) is 22.8 Å². The number of rotatable bonds is 6. The number of amides is 4. The number of carboxylic acid groups (broad SMARTS) is 1. The van der Waals surface area contributed by atoms with E-state index in [1.165, 1.54) is 7.11 Å². The van der Waals surface area contributed by atoms with Gasteiger partial charge in [0, 0.05) is 30.2 Å². The van der Waals surface area contributed by atoms with Gasteiger partial charge >= 0.3 is 12.1 Å². The summed E-state index contributed by atoms with van der Waals surface area (Å²) in [5.74, 6) is 0.0737. The molecule has 11 nitrogen and oxygen atoms in total. The largest absolute Gasteiger partial charge is 0.492 e. The van der Waals surface area contributed by atoms with Crippen LogP contribution in [0.15, 0.2) is 66.9 Å². The van der Waals surface area contributed by atoms with Crippen molar-refractivity contribution in [2.24, 2.45) is 0 Å². The highest BCUT2D eigenvalue weighted by Gasteiger charge is 2.23. The van der Waals surface area contributed by atoms with Crippen molar-refractivity contribution in [2.75, 3.05) is 49.4 Å². The van der Waals surface area contributed by atoms with Crippen LogP contribution in [0.5, 0.6) is 5.75 Å². The van der Waals surface area contributed by atoms with E-state index in [9.17, 15) is 19.5 Å². The van der Waals surface area contributed by atoms with Crippen LogP contribution in [0.3, 0.4) is 0 Å². The molecule has 228 valence electrons. The average Bonchev–Trinajstić information content (AvgIpc) is 3.00. The zero-order valence-corrected chi connectivity index (χ0v) is 25.1. The highest BCUT2D eigenvalue weighted by Crippen LogP contribution is 2.39. The van der Waals surface area contributed by atoms with Crippen LogP contribution in [0.4, 0.5) is 26.7 Å². The Kier molecular flexibility index (Phi) is 8.68. The Morgan fingerprint density at radius 2 is 1.55 bits per heavy atom. The van der Waals surface area contributed by atoms with E-state index in [1.807, 2.05) is 63.2 Å². The van der Waals surface area contributed by atoms with Gasteiger partial charge in [-0.05, 0) is 46.2 Å². The van der Waals surface area contributed by atoms with Gasteiger partial charge in [0.15, 0.2) is 5.75 Å². The highest BCUT2D eigenvalue weighted by atomic mass is 16.5. The molecule has 0 radical (unpaired) electrons. The number of aromatic nitrogens is 1. The molecule has 4 N–H and O–H groups in total. The number of hydrogen-bond acceptors (Lipinski definition) is 6. The van der Waals surface area contributed by atoms with Gasteiger partial charge in [-0.2, -0.15) is 0 Å². The summed E-state index contributed by atoms with van der Waals surface area (Å²) in [6.07, 6.45) is 0.442. The maximum absolute atomic E-state index is 13.3. The van der Waals surface area contributed by atoms with Crippen LogP contribution < -0.4 is 20.7 Å². The van der Waals surface area contributed by atoms with Crippen molar-refractivity contribution < 1.29 is 29.0 Å². The number of benzene rings is 3. The molecule has 0 bridgehead atoms. The Morgan fingerprint density at radius 3 is 2.16 bits per heavy atom. The van der Waals surface area contributed by atoms with E-state index < -0.39 is 12.1 Å². The topological polar surface area (TPSA) is 142 Å². The number of anilines is 3. The van der Waals surface area contributed by atoms with Gasteiger partial charge in [0.25, 0.3) is 5.91 Å². The monoisotopic (exact) mass is 597 g/mol. The van der Waals surface area contributed by atoms with E-state index in [0.717, 1.165) is 27.5 Å². The zero-order valence-electron chi connectivity index (χ0n) is 25.1. The van der Waals surface area contributed by atoms with Crippen molar-refractivity contribution in [3.05, 3.63) is 78.1 Å². The van der Waals surface area contributed by atoms with Crippen molar-refractivity contribution in [1.29, 1.82) is 0 Å². The molecule has 2 heterocycles. The smallest absolute Gasteiger partial charge is 0.409 e. The number of carbonyl (C=O) groups is 3. The van der Waals surface area contributed by atoms with Crippen LogP contribution in [0.1, 0.15) is 36.8 Å². The maximum Gasteiger partial charge on any atom is 0.409 e. The van der Waals surface area contributed by atoms with Crippen LogP contribution in [-0.4, -0.2) is 66.4 Å². The van der Waals surface area contributed by atoms with Gasteiger partial charge in [-0.3, -0.25) is 15.1 Å². The van der Waals surface area contributed by atoms with Gasteiger partial charge in [-0.25, -0.2) is 9.59 Å². The first kappa shape index (κ1) is 30.3. The van der Waals surface area contributed by atoms with Crippen LogP contribution >= 0.6 is 0 Å². The Morgan fingerprint density at radius 1 is 0.886 bits per heavy atom. The Hall–Kier alpha value is -5.16. The third kappa shape index (κ3) is 6.57. The number of carbonyl (C=O) groups excluding carboxylic acids is 2. The second kappa shape index (κ2) is 12.6. The lowest BCUT2D eigenvalue weighted by molar-refractivity contribution is 0.0299. The third-order valence-corrected chi connectivity index (χ3v) is 7.41. The first-order valence-electron chi connectivity index (χ1n) is 14.2. The molecule has 11 heteroatoms. The number of fused-ring (bicyclic) bond motifs is 1. The average molecular weight is 598 g/mol. The summed E-state index contributed by atoms with van der Waals surface area (Å²) in [5, 5.41) is 19.2. The lowest BCUT2D eigenvalue weighted by Gasteiger charge is -2.26. The van der Waals surface area contributed by atoms with Gasteiger partial charge < -0.3 is 30.1 Å². The standard InChI is InChI=1S/C33H35N5O6/c1-33(2,3)21-17-27(29(43-4)28(18-21)37-32(41)42)36-31(40)35-25-12-10-22(23-7-5-6-8-24(23)25)20-9-11-26(34-19-20)30(39)38-13-15-44-16-14-38/h5-12,17-19,37H,13-16H2,1-4H3,(H,41,42)(H2,35,36,40). The fourth-order valence-corrected chi connectivity index (χ4v) is 5.13. The quantitative estimate of drug-likeness (QED) is 0.201. The number of pyridine rings is 1. The fraction of sp³-hybridized carbons (Fsp3) is 0.273. The predicted molar refractivity (Wildman–Crippen MR) is 170 cm³/mol. The van der Waals surface area contributed by atoms with Crippen LogP contribution in [0.25, 0.3) is 21.9 Å². The van der Waals surface area contributed by atoms with Gasteiger partial charge in [0.1, 0.15) is 5.69 Å². The second-order valence-corrected chi connectivity index (χ2v) is 11.4. The van der Waals surface area contributed by atoms with Gasteiger partial charge in [0.2, 0.25) is 0 Å². The number of nitrogens with one attached hydrogen (secondary N) is 3. The lowest BCUT2D eigenvalue weighted by atomic mass is 9.86. The van der Waals surface area contributed by atoms with Gasteiger partial charge in [-0.1, -0.05) is 57.2 Å². The molecule has 4 amide bonds. The summed E-state index contributed by atoms with van der Waals surface area (Å²) < 4.78 is 10.8. The molecule has 5 rings (SSSR count). The number of urea groups is 1. The summed E-state index contributed by atoms with van der Waals surface area (Å²) in [4.78, 5) is 43.8. The molecule has 0 atom stereocenters. The molecule has 0 unspecified atom stereocenters. The number of ether oxygens (including phenoxy) is 2. The molecular weight excluding hydrogens is 562 g/mol. The second-order valence-electron chi connectivity index (χ2n) is 11.4. The van der Waals surface area contributed by atoms with Crippen LogP contribution in [0, 0.1) is 0 Å². The molecule has 0 spiro atoms. The van der Waals surface area contributed by atoms with E-state index >= 15 is 0 Å². The van der Waals surface area contributed by atoms with Gasteiger partial charge in [-0.15, -0.1) is 0 Å². The number of methoxy groups -OCH3 is 1. The predicted octanol–water partition coefficient (Wildman–Crippen LogP) is 6.41. The van der Waals surface area contributed by atoms with E-state index in [0.29, 0.717) is 43.4 Å². The van der Waals surface area contributed by atoms with E-state index in [4.69, 9.17) is 9.47 Å². The van der Waals surface area contributed by atoms with Crippen LogP contribution in [-0.2, 0) is 10.2 Å². The molecule has 0 aliphatic carbocycles. The first-order valence-corrected chi connectivity index (χ1v) is 14.2.